The van der Waals surface area contributed by atoms with Crippen molar-refractivity contribution in [1.29, 1.82) is 0 Å². The van der Waals surface area contributed by atoms with Crippen molar-refractivity contribution in [3.8, 4) is 5.75 Å². The molecule has 1 atom stereocenters. The topological polar surface area (TPSA) is 96.8 Å². The fraction of sp³-hybridized carbons (Fsp3) is 0.429. The first-order valence-electron chi connectivity index (χ1n) is 9.82. The number of ether oxygens (including phenoxy) is 1. The zero-order valence-electron chi connectivity index (χ0n) is 16.2. The van der Waals surface area contributed by atoms with E-state index in [4.69, 9.17) is 16.2 Å². The number of aromatic hydroxyl groups is 1. The van der Waals surface area contributed by atoms with Crippen molar-refractivity contribution in [2.45, 2.75) is 25.8 Å². The third-order valence-electron chi connectivity index (χ3n) is 5.72. The van der Waals surface area contributed by atoms with Crippen LogP contribution in [0.5, 0.6) is 5.75 Å². The first kappa shape index (κ1) is 19.1. The van der Waals surface area contributed by atoms with E-state index < -0.39 is 0 Å². The van der Waals surface area contributed by atoms with E-state index in [2.05, 4.69) is 17.1 Å². The Balaban J connectivity index is 1.64. The number of thiophene rings is 1. The number of nitrogens with one attached hydrogen (secondary N) is 1. The summed E-state index contributed by atoms with van der Waals surface area (Å²) in [7, 11) is 0. The lowest BCUT2D eigenvalue weighted by Gasteiger charge is -2.33. The lowest BCUT2D eigenvalue weighted by atomic mass is 10.00. The molecule has 0 bridgehead atoms. The Morgan fingerprint density at radius 1 is 1.29 bits per heavy atom. The average molecular weight is 401 g/mol. The summed E-state index contributed by atoms with van der Waals surface area (Å²) in [6.07, 6.45) is 2.28. The number of phenols is 1. The molecule has 0 amide bonds. The van der Waals surface area contributed by atoms with Gasteiger partial charge in [-0.1, -0.05) is 6.92 Å². The highest BCUT2D eigenvalue weighted by Crippen LogP contribution is 2.37. The van der Waals surface area contributed by atoms with Crippen LogP contribution < -0.4 is 16.8 Å². The van der Waals surface area contributed by atoms with Crippen LogP contribution in [0.4, 0.5) is 0 Å². The third kappa shape index (κ3) is 3.57. The minimum Gasteiger partial charge on any atom is -0.507 e. The van der Waals surface area contributed by atoms with Crippen LogP contribution >= 0.6 is 11.3 Å². The number of rotatable bonds is 4. The van der Waals surface area contributed by atoms with Crippen LogP contribution in [0.2, 0.25) is 0 Å². The molecule has 2 saturated heterocycles. The smallest absolute Gasteiger partial charge is 0.133 e. The second-order valence-corrected chi connectivity index (χ2v) is 8.40. The molecule has 28 heavy (non-hydrogen) atoms. The number of benzene rings is 1. The number of likely N-dealkylation sites (N-methyl/N-ethyl adjacent to an activating group) is 1. The molecule has 0 aliphatic carbocycles. The number of nitrogens with two attached hydrogens (primary N) is 2. The fourth-order valence-corrected chi connectivity index (χ4v) is 4.88. The molecule has 0 radical (unpaired) electrons. The zero-order chi connectivity index (χ0) is 19.7. The Morgan fingerprint density at radius 2 is 2.11 bits per heavy atom. The van der Waals surface area contributed by atoms with Crippen molar-refractivity contribution in [2.75, 3.05) is 32.8 Å². The van der Waals surface area contributed by atoms with Crippen LogP contribution in [-0.4, -0.2) is 48.9 Å². The van der Waals surface area contributed by atoms with Gasteiger partial charge in [-0.15, -0.1) is 11.3 Å². The molecule has 2 aliphatic rings. The first-order valence-corrected chi connectivity index (χ1v) is 10.7. The normalized spacial score (nSPS) is 24.5. The van der Waals surface area contributed by atoms with Gasteiger partial charge in [-0.05, 0) is 49.5 Å². The summed E-state index contributed by atoms with van der Waals surface area (Å²) in [4.78, 5) is 2.43. The highest BCUT2D eigenvalue weighted by Gasteiger charge is 2.25. The van der Waals surface area contributed by atoms with E-state index in [0.717, 1.165) is 47.3 Å². The van der Waals surface area contributed by atoms with Gasteiger partial charge >= 0.3 is 0 Å². The summed E-state index contributed by atoms with van der Waals surface area (Å²) in [5.41, 5.74) is 15.8. The number of hydrogen-bond acceptors (Lipinski definition) is 7. The van der Waals surface area contributed by atoms with Gasteiger partial charge in [0.15, 0.2) is 0 Å². The van der Waals surface area contributed by atoms with Crippen LogP contribution in [-0.2, 0) is 4.74 Å². The molecule has 2 fully saturated rings. The Labute approximate surface area is 169 Å². The molecule has 0 spiro atoms. The molecule has 4 rings (SSSR count). The summed E-state index contributed by atoms with van der Waals surface area (Å²) in [6, 6.07) is 6.11. The number of fused-ring (bicyclic) bond motifs is 1. The quantitative estimate of drug-likeness (QED) is 0.630. The maximum atomic E-state index is 10.7. The number of likely N-dealkylation sites (tertiary alicyclic amines) is 1. The number of nitrogens with zero attached hydrogens (tertiary/aromatic N) is 1. The van der Waals surface area contributed by atoms with Gasteiger partial charge in [-0.2, -0.15) is 0 Å². The number of phenolic OH excluding ortho intramolecular Hbond substituents is 1. The fourth-order valence-electron chi connectivity index (χ4n) is 4.09. The van der Waals surface area contributed by atoms with E-state index in [9.17, 15) is 5.11 Å². The Morgan fingerprint density at radius 3 is 2.93 bits per heavy atom. The highest BCUT2D eigenvalue weighted by atomic mass is 32.1. The summed E-state index contributed by atoms with van der Waals surface area (Å²) in [5.74, 6) is 0.849. The molecular formula is C21H28N4O2S. The van der Waals surface area contributed by atoms with Gasteiger partial charge in [0.25, 0.3) is 0 Å². The standard InChI is InChI=1S/C21H28N4O2S/c1-2-25-8-3-4-13(10-25)24-21(23)17-12-27-11-16(17)19(22)15-5-6-18-14(20(15)26)7-9-28-18/h5-7,9,13,24,26H,2-4,8,10-12,22-23H2,1H3/b19-16-,21-17+. The van der Waals surface area contributed by atoms with Gasteiger partial charge in [-0.3, -0.25) is 0 Å². The van der Waals surface area contributed by atoms with Crippen LogP contribution in [0.1, 0.15) is 25.3 Å². The molecule has 6 nitrogen and oxygen atoms in total. The predicted molar refractivity (Wildman–Crippen MR) is 115 cm³/mol. The number of piperidine rings is 1. The predicted octanol–water partition coefficient (Wildman–Crippen LogP) is 2.55. The average Bonchev–Trinajstić information content (AvgIpc) is 3.38. The minimum atomic E-state index is 0.215. The molecule has 1 aromatic heterocycles. The molecule has 2 aromatic rings. The molecule has 2 aliphatic heterocycles. The summed E-state index contributed by atoms with van der Waals surface area (Å²) >= 11 is 1.60. The third-order valence-corrected chi connectivity index (χ3v) is 6.60. The molecular weight excluding hydrogens is 372 g/mol. The Kier molecular flexibility index (Phi) is 5.48. The summed E-state index contributed by atoms with van der Waals surface area (Å²) < 4.78 is 6.71. The molecule has 1 unspecified atom stereocenters. The van der Waals surface area contributed by atoms with Crippen molar-refractivity contribution >= 4 is 27.1 Å². The van der Waals surface area contributed by atoms with Crippen LogP contribution in [0, 0.1) is 0 Å². The molecule has 7 heteroatoms. The molecule has 6 N–H and O–H groups in total. The van der Waals surface area contributed by atoms with Crippen molar-refractivity contribution in [1.82, 2.24) is 10.2 Å². The first-order chi connectivity index (χ1) is 13.6. The van der Waals surface area contributed by atoms with E-state index >= 15 is 0 Å². The summed E-state index contributed by atoms with van der Waals surface area (Å²) in [6.45, 7) is 6.22. The van der Waals surface area contributed by atoms with Gasteiger partial charge in [0.05, 0.1) is 13.2 Å². The molecule has 150 valence electrons. The van der Waals surface area contributed by atoms with Gasteiger partial charge < -0.3 is 31.5 Å². The number of hydrogen-bond donors (Lipinski definition) is 4. The van der Waals surface area contributed by atoms with Crippen molar-refractivity contribution in [3.63, 3.8) is 0 Å². The Hall–Kier alpha value is -2.22. The van der Waals surface area contributed by atoms with Gasteiger partial charge in [0, 0.05) is 45.1 Å². The maximum Gasteiger partial charge on any atom is 0.133 e. The maximum absolute atomic E-state index is 10.7. The van der Waals surface area contributed by atoms with E-state index in [1.807, 2.05) is 23.6 Å². The minimum absolute atomic E-state index is 0.215. The van der Waals surface area contributed by atoms with Crippen LogP contribution in [0.3, 0.4) is 0 Å². The largest absolute Gasteiger partial charge is 0.507 e. The van der Waals surface area contributed by atoms with Crippen molar-refractivity contribution in [3.05, 3.63) is 46.1 Å². The Bertz CT molecular complexity index is 934. The summed E-state index contributed by atoms with van der Waals surface area (Å²) in [5, 5.41) is 17.0. The van der Waals surface area contributed by atoms with Gasteiger partial charge in [-0.25, -0.2) is 0 Å². The lowest BCUT2D eigenvalue weighted by molar-refractivity contribution is 0.203. The lowest BCUT2D eigenvalue weighted by Crippen LogP contribution is -2.46. The highest BCUT2D eigenvalue weighted by molar-refractivity contribution is 7.17. The second-order valence-electron chi connectivity index (χ2n) is 7.45. The van der Waals surface area contributed by atoms with Crippen molar-refractivity contribution < 1.29 is 9.84 Å². The van der Waals surface area contributed by atoms with E-state index in [0.29, 0.717) is 36.3 Å². The van der Waals surface area contributed by atoms with Crippen LogP contribution in [0.15, 0.2) is 40.5 Å². The van der Waals surface area contributed by atoms with E-state index in [-0.39, 0.29) is 5.75 Å². The monoisotopic (exact) mass is 400 g/mol. The van der Waals surface area contributed by atoms with Crippen molar-refractivity contribution in [2.24, 2.45) is 11.5 Å². The molecule has 1 aromatic carbocycles. The van der Waals surface area contributed by atoms with E-state index in [1.54, 1.807) is 11.3 Å². The SMILES string of the molecule is CCN1CCCC(N/C(N)=C2\COC\C2=C(\N)c2ccc3sccc3c2O)C1. The second kappa shape index (κ2) is 8.03. The zero-order valence-corrected chi connectivity index (χ0v) is 17.0. The van der Waals surface area contributed by atoms with Gasteiger partial charge in [0.1, 0.15) is 11.6 Å². The molecule has 0 saturated carbocycles. The van der Waals surface area contributed by atoms with Crippen LogP contribution in [0.25, 0.3) is 15.8 Å². The molecule has 3 heterocycles. The van der Waals surface area contributed by atoms with E-state index in [1.165, 1.54) is 6.42 Å². The van der Waals surface area contributed by atoms with Gasteiger partial charge in [0.2, 0.25) is 0 Å².